The molecule has 1 atom stereocenters. The fraction of sp³-hybridized carbons (Fsp3) is 0.600. The number of carbonyl (C=O) groups is 4. The molecule has 0 aliphatic rings. The number of hydrogen-bond acceptors (Lipinski definition) is 6. The number of phenols is 2. The molecule has 0 aromatic heterocycles. The Morgan fingerprint density at radius 1 is 0.540 bits per heavy atom. The fourth-order valence-corrected chi connectivity index (χ4v) is 5.98. The van der Waals surface area contributed by atoms with Gasteiger partial charge in [0.1, 0.15) is 11.5 Å². The summed E-state index contributed by atoms with van der Waals surface area (Å²) in [6.07, 6.45) is 18.4. The van der Waals surface area contributed by atoms with Crippen molar-refractivity contribution in [3.63, 3.8) is 0 Å². The van der Waals surface area contributed by atoms with E-state index in [1.54, 1.807) is 12.1 Å². The molecule has 0 heterocycles. The summed E-state index contributed by atoms with van der Waals surface area (Å²) in [5.41, 5.74) is 11.9. The Kier molecular flexibility index (Phi) is 21.0. The molecule has 0 saturated heterocycles. The Labute approximate surface area is 299 Å². The third-order valence-corrected chi connectivity index (χ3v) is 9.10. The van der Waals surface area contributed by atoms with Crippen LogP contribution in [0.3, 0.4) is 0 Å². The highest BCUT2D eigenvalue weighted by molar-refractivity contribution is 5.98. The van der Waals surface area contributed by atoms with E-state index in [0.29, 0.717) is 19.3 Å². The lowest BCUT2D eigenvalue weighted by atomic mass is 9.94. The van der Waals surface area contributed by atoms with Gasteiger partial charge in [-0.15, -0.1) is 0 Å². The van der Waals surface area contributed by atoms with Crippen LogP contribution in [0.1, 0.15) is 168 Å². The average molecular weight is 695 g/mol. The van der Waals surface area contributed by atoms with E-state index in [0.717, 1.165) is 75.3 Å². The van der Waals surface area contributed by atoms with Gasteiger partial charge in [0, 0.05) is 12.3 Å². The van der Waals surface area contributed by atoms with Gasteiger partial charge in [-0.2, -0.15) is 0 Å². The van der Waals surface area contributed by atoms with Crippen molar-refractivity contribution in [3.8, 4) is 11.5 Å². The van der Waals surface area contributed by atoms with Crippen molar-refractivity contribution in [1.82, 2.24) is 21.7 Å². The third-order valence-electron chi connectivity index (χ3n) is 9.10. The number of hydrogen-bond donors (Lipinski definition) is 6. The van der Waals surface area contributed by atoms with E-state index in [2.05, 4.69) is 42.5 Å². The van der Waals surface area contributed by atoms with Crippen LogP contribution in [-0.2, 0) is 22.4 Å². The molecule has 0 fully saturated rings. The van der Waals surface area contributed by atoms with Gasteiger partial charge in [0.15, 0.2) is 0 Å². The summed E-state index contributed by atoms with van der Waals surface area (Å²) in [4.78, 5) is 51.4. The SMILES string of the molecule is CCCCCCCc1ccc(O)c(C(=O)NNC(=O)CCCC(CCCCCC)C(=O)NNC(=O)c2cc(CCCCCCC)ccc2O)c1. The number of unbranched alkanes of at least 4 members (excludes halogenated alkanes) is 11. The number of benzene rings is 2. The van der Waals surface area contributed by atoms with E-state index in [4.69, 9.17) is 0 Å². The van der Waals surface area contributed by atoms with E-state index >= 15 is 0 Å². The molecule has 0 saturated carbocycles. The lowest BCUT2D eigenvalue weighted by molar-refractivity contribution is -0.127. The molecule has 0 aliphatic carbocycles. The van der Waals surface area contributed by atoms with Crippen molar-refractivity contribution < 1.29 is 29.4 Å². The molecule has 50 heavy (non-hydrogen) atoms. The summed E-state index contributed by atoms with van der Waals surface area (Å²) in [5, 5.41) is 20.6. The minimum absolute atomic E-state index is 0.0776. The number of nitrogens with one attached hydrogen (secondary N) is 4. The van der Waals surface area contributed by atoms with Crippen LogP contribution in [0.4, 0.5) is 0 Å². The van der Waals surface area contributed by atoms with Gasteiger partial charge in [0.2, 0.25) is 11.8 Å². The number of aromatic hydroxyl groups is 2. The molecule has 0 radical (unpaired) electrons. The lowest BCUT2D eigenvalue weighted by Crippen LogP contribution is -2.44. The minimum Gasteiger partial charge on any atom is -0.507 e. The molecule has 4 amide bonds. The Hall–Kier alpha value is -4.08. The maximum Gasteiger partial charge on any atom is 0.273 e. The van der Waals surface area contributed by atoms with Crippen molar-refractivity contribution >= 4 is 23.6 Å². The number of phenolic OH excluding ortho intramolecular Hbond substituents is 2. The third kappa shape index (κ3) is 16.5. The standard InChI is InChI=1S/C40H62N4O6/c1-4-7-10-13-15-19-30-24-26-35(45)33(28-30)39(49)43-41-37(47)23-18-22-32(21-17-12-9-6-3)38(48)42-44-40(50)34-29-31(25-27-36(34)46)20-16-14-11-8-5-2/h24-29,32,45-46H,4-23H2,1-3H3,(H,41,47)(H,42,48)(H,43,49)(H,44,50). The van der Waals surface area contributed by atoms with Gasteiger partial charge in [-0.05, 0) is 80.3 Å². The van der Waals surface area contributed by atoms with Crippen molar-refractivity contribution in [3.05, 3.63) is 58.7 Å². The van der Waals surface area contributed by atoms with E-state index in [9.17, 15) is 29.4 Å². The van der Waals surface area contributed by atoms with Crippen molar-refractivity contribution in [2.75, 3.05) is 0 Å². The predicted octanol–water partition coefficient (Wildman–Crippen LogP) is 8.10. The van der Waals surface area contributed by atoms with Crippen LogP contribution in [0, 0.1) is 5.92 Å². The second kappa shape index (κ2) is 25.0. The zero-order valence-electron chi connectivity index (χ0n) is 30.7. The zero-order chi connectivity index (χ0) is 36.6. The Morgan fingerprint density at radius 3 is 1.48 bits per heavy atom. The minimum atomic E-state index is -0.601. The Morgan fingerprint density at radius 2 is 0.980 bits per heavy atom. The lowest BCUT2D eigenvalue weighted by Gasteiger charge is -2.18. The number of hydrazine groups is 2. The molecular weight excluding hydrogens is 632 g/mol. The molecule has 0 aliphatic heterocycles. The molecule has 2 aromatic rings. The second-order valence-corrected chi connectivity index (χ2v) is 13.4. The molecule has 0 bridgehead atoms. The van der Waals surface area contributed by atoms with Crippen LogP contribution in [-0.4, -0.2) is 33.8 Å². The van der Waals surface area contributed by atoms with Gasteiger partial charge >= 0.3 is 0 Å². The number of aryl methyl sites for hydroxylation is 2. The first kappa shape index (κ1) is 42.1. The highest BCUT2D eigenvalue weighted by Gasteiger charge is 2.21. The summed E-state index contributed by atoms with van der Waals surface area (Å²) in [5.74, 6) is -2.69. The summed E-state index contributed by atoms with van der Waals surface area (Å²) in [7, 11) is 0. The van der Waals surface area contributed by atoms with Crippen molar-refractivity contribution in [2.45, 2.75) is 149 Å². The highest BCUT2D eigenvalue weighted by Crippen LogP contribution is 2.22. The molecule has 2 aromatic carbocycles. The van der Waals surface area contributed by atoms with E-state index in [1.165, 1.54) is 50.7 Å². The molecule has 2 rings (SSSR count). The first-order valence-electron chi connectivity index (χ1n) is 19.0. The Balaban J connectivity index is 1.86. The summed E-state index contributed by atoms with van der Waals surface area (Å²) < 4.78 is 0. The maximum atomic E-state index is 13.2. The summed E-state index contributed by atoms with van der Waals surface area (Å²) in [6, 6.07) is 9.97. The molecule has 10 nitrogen and oxygen atoms in total. The molecule has 278 valence electrons. The van der Waals surface area contributed by atoms with E-state index in [-0.39, 0.29) is 35.0 Å². The number of carbonyl (C=O) groups excluding carboxylic acids is 4. The van der Waals surface area contributed by atoms with Gasteiger partial charge in [-0.1, -0.05) is 110 Å². The van der Waals surface area contributed by atoms with Crippen LogP contribution in [0.15, 0.2) is 36.4 Å². The molecule has 0 spiro atoms. The van der Waals surface area contributed by atoms with Crippen LogP contribution in [0.25, 0.3) is 0 Å². The van der Waals surface area contributed by atoms with E-state index < -0.39 is 23.6 Å². The van der Waals surface area contributed by atoms with Gasteiger partial charge in [0.25, 0.3) is 11.8 Å². The predicted molar refractivity (Wildman–Crippen MR) is 198 cm³/mol. The maximum absolute atomic E-state index is 13.2. The highest BCUT2D eigenvalue weighted by atomic mass is 16.3. The summed E-state index contributed by atoms with van der Waals surface area (Å²) in [6.45, 7) is 6.46. The second-order valence-electron chi connectivity index (χ2n) is 13.4. The molecule has 6 N–H and O–H groups in total. The quantitative estimate of drug-likeness (QED) is 0.0482. The number of amides is 4. The van der Waals surface area contributed by atoms with Crippen molar-refractivity contribution in [1.29, 1.82) is 0 Å². The monoisotopic (exact) mass is 694 g/mol. The molecule has 10 heteroatoms. The summed E-state index contributed by atoms with van der Waals surface area (Å²) >= 11 is 0. The van der Waals surface area contributed by atoms with Crippen molar-refractivity contribution in [2.24, 2.45) is 5.92 Å². The van der Waals surface area contributed by atoms with Gasteiger partial charge in [-0.3, -0.25) is 40.9 Å². The van der Waals surface area contributed by atoms with Crippen LogP contribution >= 0.6 is 0 Å². The van der Waals surface area contributed by atoms with Crippen LogP contribution in [0.5, 0.6) is 11.5 Å². The smallest absolute Gasteiger partial charge is 0.273 e. The van der Waals surface area contributed by atoms with Gasteiger partial charge in [-0.25, -0.2) is 0 Å². The van der Waals surface area contributed by atoms with Crippen LogP contribution in [0.2, 0.25) is 0 Å². The van der Waals surface area contributed by atoms with Gasteiger partial charge < -0.3 is 10.2 Å². The normalized spacial score (nSPS) is 11.5. The van der Waals surface area contributed by atoms with Gasteiger partial charge in [0.05, 0.1) is 11.1 Å². The fourth-order valence-electron chi connectivity index (χ4n) is 5.98. The number of rotatable bonds is 24. The molecular formula is C40H62N4O6. The van der Waals surface area contributed by atoms with E-state index in [1.807, 2.05) is 12.1 Å². The molecule has 1 unspecified atom stereocenters. The topological polar surface area (TPSA) is 157 Å². The average Bonchev–Trinajstić information content (AvgIpc) is 3.11. The largest absolute Gasteiger partial charge is 0.507 e. The first-order valence-corrected chi connectivity index (χ1v) is 19.0. The first-order chi connectivity index (χ1) is 24.2. The Bertz CT molecular complexity index is 1330. The zero-order valence-corrected chi connectivity index (χ0v) is 30.7. The van der Waals surface area contributed by atoms with Crippen LogP contribution < -0.4 is 21.7 Å².